The van der Waals surface area contributed by atoms with Gasteiger partial charge >= 0.3 is 0 Å². The van der Waals surface area contributed by atoms with Crippen molar-refractivity contribution in [2.75, 3.05) is 26.3 Å². The summed E-state index contributed by atoms with van der Waals surface area (Å²) < 4.78 is 5.37. The molecule has 2 saturated heterocycles. The van der Waals surface area contributed by atoms with E-state index >= 15 is 0 Å². The average molecular weight is 240 g/mol. The molecule has 98 valence electrons. The van der Waals surface area contributed by atoms with E-state index in [9.17, 15) is 4.79 Å². The molecule has 4 nitrogen and oxygen atoms in total. The van der Waals surface area contributed by atoms with Gasteiger partial charge in [0.25, 0.3) is 0 Å². The third kappa shape index (κ3) is 2.99. The zero-order chi connectivity index (χ0) is 12.4. The molecule has 2 heterocycles. The molecule has 1 unspecified atom stereocenters. The predicted octanol–water partition coefficient (Wildman–Crippen LogP) is 1.06. The maximum atomic E-state index is 12.1. The summed E-state index contributed by atoms with van der Waals surface area (Å²) in [6.07, 6.45) is 4.11. The van der Waals surface area contributed by atoms with E-state index in [0.29, 0.717) is 0 Å². The highest BCUT2D eigenvalue weighted by Gasteiger charge is 2.37. The average Bonchev–Trinajstić information content (AvgIpc) is 2.75. The van der Waals surface area contributed by atoms with Gasteiger partial charge in [0, 0.05) is 19.8 Å². The quantitative estimate of drug-likeness (QED) is 0.775. The normalized spacial score (nSPS) is 32.4. The zero-order valence-electron chi connectivity index (χ0n) is 11.0. The van der Waals surface area contributed by atoms with Crippen LogP contribution in [0.1, 0.15) is 39.5 Å². The van der Waals surface area contributed by atoms with Crippen LogP contribution < -0.4 is 10.6 Å². The summed E-state index contributed by atoms with van der Waals surface area (Å²) in [6.45, 7) is 7.60. The fourth-order valence-corrected chi connectivity index (χ4v) is 2.62. The van der Waals surface area contributed by atoms with Crippen molar-refractivity contribution in [1.82, 2.24) is 10.6 Å². The smallest absolute Gasteiger partial charge is 0.240 e. The fraction of sp³-hybridized carbons (Fsp3) is 0.923. The van der Waals surface area contributed by atoms with Crippen LogP contribution >= 0.6 is 0 Å². The topological polar surface area (TPSA) is 50.4 Å². The minimum atomic E-state index is -0.346. The number of hydrogen-bond donors (Lipinski definition) is 2. The minimum absolute atomic E-state index is 0.155. The fourth-order valence-electron chi connectivity index (χ4n) is 2.62. The lowest BCUT2D eigenvalue weighted by Gasteiger charge is -2.35. The summed E-state index contributed by atoms with van der Waals surface area (Å²) >= 11 is 0. The van der Waals surface area contributed by atoms with Crippen LogP contribution in [-0.4, -0.2) is 37.7 Å². The molecule has 2 aliphatic heterocycles. The minimum Gasteiger partial charge on any atom is -0.381 e. The molecular formula is C13H24N2O2. The maximum absolute atomic E-state index is 12.1. The standard InChI is InChI=1S/C13H24N2O2/c1-12(5-8-17-9-6-12)10-14-11(16)13(2)4-3-7-15-13/h15H,3-10H2,1-2H3,(H,14,16). The molecule has 1 amide bonds. The molecule has 0 radical (unpaired) electrons. The number of nitrogens with one attached hydrogen (secondary N) is 2. The van der Waals surface area contributed by atoms with Gasteiger partial charge in [-0.3, -0.25) is 4.79 Å². The largest absolute Gasteiger partial charge is 0.381 e. The van der Waals surface area contributed by atoms with Gasteiger partial charge in [0.1, 0.15) is 0 Å². The third-order valence-corrected chi connectivity index (χ3v) is 4.25. The molecule has 17 heavy (non-hydrogen) atoms. The number of ether oxygens (including phenoxy) is 1. The first kappa shape index (κ1) is 12.8. The van der Waals surface area contributed by atoms with Crippen LogP contribution in [-0.2, 0) is 9.53 Å². The molecule has 2 N–H and O–H groups in total. The SMILES string of the molecule is CC1(CNC(=O)C2(C)CCCN2)CCOCC1. The van der Waals surface area contributed by atoms with Crippen molar-refractivity contribution in [3.8, 4) is 0 Å². The van der Waals surface area contributed by atoms with Gasteiger partial charge in [0.15, 0.2) is 0 Å². The van der Waals surface area contributed by atoms with Gasteiger partial charge in [-0.1, -0.05) is 6.92 Å². The Morgan fingerprint density at radius 2 is 2.00 bits per heavy atom. The lowest BCUT2D eigenvalue weighted by Crippen LogP contribution is -2.53. The lowest BCUT2D eigenvalue weighted by molar-refractivity contribution is -0.127. The first-order chi connectivity index (χ1) is 8.04. The third-order valence-electron chi connectivity index (χ3n) is 4.25. The van der Waals surface area contributed by atoms with Crippen molar-refractivity contribution in [2.24, 2.45) is 5.41 Å². The van der Waals surface area contributed by atoms with E-state index in [2.05, 4.69) is 17.6 Å². The molecule has 0 aromatic carbocycles. The molecule has 0 aromatic heterocycles. The second-order valence-electron chi connectivity index (χ2n) is 5.97. The molecular weight excluding hydrogens is 216 g/mol. The Kier molecular flexibility index (Phi) is 3.73. The summed E-state index contributed by atoms with van der Waals surface area (Å²) in [5, 5.41) is 6.41. The predicted molar refractivity (Wildman–Crippen MR) is 66.8 cm³/mol. The van der Waals surface area contributed by atoms with Gasteiger partial charge in [-0.15, -0.1) is 0 Å². The van der Waals surface area contributed by atoms with Crippen molar-refractivity contribution >= 4 is 5.91 Å². The van der Waals surface area contributed by atoms with E-state index in [0.717, 1.165) is 52.0 Å². The molecule has 2 fully saturated rings. The van der Waals surface area contributed by atoms with Crippen LogP contribution in [0.5, 0.6) is 0 Å². The van der Waals surface area contributed by atoms with Crippen LogP contribution in [0.25, 0.3) is 0 Å². The molecule has 0 saturated carbocycles. The van der Waals surface area contributed by atoms with Crippen molar-refractivity contribution < 1.29 is 9.53 Å². The van der Waals surface area contributed by atoms with Crippen LogP contribution in [0, 0.1) is 5.41 Å². The van der Waals surface area contributed by atoms with Crippen molar-refractivity contribution in [3.63, 3.8) is 0 Å². The molecule has 2 rings (SSSR count). The van der Waals surface area contributed by atoms with Gasteiger partial charge < -0.3 is 15.4 Å². The highest BCUT2D eigenvalue weighted by atomic mass is 16.5. The zero-order valence-corrected chi connectivity index (χ0v) is 11.0. The van der Waals surface area contributed by atoms with Crippen molar-refractivity contribution in [1.29, 1.82) is 0 Å². The van der Waals surface area contributed by atoms with Gasteiger partial charge in [0.05, 0.1) is 5.54 Å². The molecule has 4 heteroatoms. The van der Waals surface area contributed by atoms with Crippen molar-refractivity contribution in [2.45, 2.75) is 45.1 Å². The van der Waals surface area contributed by atoms with E-state index < -0.39 is 0 Å². The molecule has 0 bridgehead atoms. The molecule has 0 aromatic rings. The van der Waals surface area contributed by atoms with Crippen LogP contribution in [0.15, 0.2) is 0 Å². The summed E-state index contributed by atoms with van der Waals surface area (Å²) in [5.74, 6) is 0.155. The highest BCUT2D eigenvalue weighted by molar-refractivity contribution is 5.86. The van der Waals surface area contributed by atoms with E-state index in [4.69, 9.17) is 4.74 Å². The van der Waals surface area contributed by atoms with Gasteiger partial charge in [-0.25, -0.2) is 0 Å². The second kappa shape index (κ2) is 4.94. The maximum Gasteiger partial charge on any atom is 0.240 e. The Bertz CT molecular complexity index is 279. The number of amides is 1. The Morgan fingerprint density at radius 3 is 2.59 bits per heavy atom. The molecule has 2 aliphatic rings. The Morgan fingerprint density at radius 1 is 1.29 bits per heavy atom. The second-order valence-corrected chi connectivity index (χ2v) is 5.97. The summed E-state index contributed by atoms with van der Waals surface area (Å²) in [6, 6.07) is 0. The summed E-state index contributed by atoms with van der Waals surface area (Å²) in [4.78, 5) is 12.1. The molecule has 0 spiro atoms. The Labute approximate surface area is 103 Å². The van der Waals surface area contributed by atoms with E-state index in [1.165, 1.54) is 0 Å². The number of hydrogen-bond acceptors (Lipinski definition) is 3. The van der Waals surface area contributed by atoms with Gasteiger partial charge in [0.2, 0.25) is 5.91 Å². The first-order valence-corrected chi connectivity index (χ1v) is 6.65. The Hall–Kier alpha value is -0.610. The Balaban J connectivity index is 1.83. The van der Waals surface area contributed by atoms with E-state index in [1.807, 2.05) is 6.92 Å². The number of carbonyl (C=O) groups is 1. The van der Waals surface area contributed by atoms with Crippen LogP contribution in [0.4, 0.5) is 0 Å². The highest BCUT2D eigenvalue weighted by Crippen LogP contribution is 2.29. The van der Waals surface area contributed by atoms with E-state index in [1.54, 1.807) is 0 Å². The molecule has 0 aliphatic carbocycles. The molecule has 1 atom stereocenters. The van der Waals surface area contributed by atoms with Gasteiger partial charge in [-0.2, -0.15) is 0 Å². The van der Waals surface area contributed by atoms with Crippen molar-refractivity contribution in [3.05, 3.63) is 0 Å². The summed E-state index contributed by atoms with van der Waals surface area (Å²) in [5.41, 5.74) is -0.135. The lowest BCUT2D eigenvalue weighted by atomic mass is 9.82. The number of carbonyl (C=O) groups excluding carboxylic acids is 1. The van der Waals surface area contributed by atoms with Gasteiger partial charge in [-0.05, 0) is 44.6 Å². The van der Waals surface area contributed by atoms with Crippen LogP contribution in [0.3, 0.4) is 0 Å². The monoisotopic (exact) mass is 240 g/mol. The van der Waals surface area contributed by atoms with E-state index in [-0.39, 0.29) is 16.9 Å². The van der Waals surface area contributed by atoms with Crippen LogP contribution in [0.2, 0.25) is 0 Å². The first-order valence-electron chi connectivity index (χ1n) is 6.65. The summed E-state index contributed by atoms with van der Waals surface area (Å²) in [7, 11) is 0. The number of rotatable bonds is 3.